The van der Waals surface area contributed by atoms with Crippen LogP contribution < -0.4 is 0 Å². The van der Waals surface area contributed by atoms with Crippen molar-refractivity contribution in [3.05, 3.63) is 23.3 Å². The first kappa shape index (κ1) is 21.9. The average molecular weight is 371 g/mol. The minimum Gasteiger partial charge on any atom is -0.412 e. The van der Waals surface area contributed by atoms with Crippen LogP contribution in [0.3, 0.4) is 0 Å². The normalized spacial score (nSPS) is 24.0. The molecule has 0 saturated carbocycles. The van der Waals surface area contributed by atoms with Gasteiger partial charge in [-0.1, -0.05) is 20.8 Å². The fourth-order valence-electron chi connectivity index (χ4n) is 2.15. The summed E-state index contributed by atoms with van der Waals surface area (Å²) in [4.78, 5) is 22.1. The molecule has 2 aliphatic carbocycles. The van der Waals surface area contributed by atoms with Crippen LogP contribution in [0.1, 0.15) is 33.6 Å². The number of aliphatic hydroxyl groups excluding tert-OH is 3. The zero-order valence-corrected chi connectivity index (χ0v) is 16.7. The monoisotopic (exact) mass is 370 g/mol. The molecule has 3 N–H and O–H groups in total. The van der Waals surface area contributed by atoms with Crippen molar-refractivity contribution in [1.82, 2.24) is 0 Å². The molecule has 0 spiro atoms. The van der Waals surface area contributed by atoms with E-state index in [1.54, 1.807) is 6.08 Å². The Balaban J connectivity index is 0.000000293. The highest BCUT2D eigenvalue weighted by Crippen LogP contribution is 2.37. The Morgan fingerprint density at radius 2 is 1.48 bits per heavy atom. The van der Waals surface area contributed by atoms with Crippen molar-refractivity contribution in [3.8, 4) is 0 Å². The van der Waals surface area contributed by atoms with E-state index in [0.717, 1.165) is 0 Å². The zero-order chi connectivity index (χ0) is 19.4. The Bertz CT molecular complexity index is 571. The van der Waals surface area contributed by atoms with Gasteiger partial charge in [0.05, 0.1) is 25.4 Å². The second-order valence-corrected chi connectivity index (χ2v) is 12.8. The first-order valence-corrected chi connectivity index (χ1v) is 11.4. The molecular formula is C18H30O6Si. The maximum atomic E-state index is 11.5. The highest BCUT2D eigenvalue weighted by Gasteiger charge is 2.38. The topological polar surface area (TPSA) is 104 Å². The van der Waals surface area contributed by atoms with E-state index in [9.17, 15) is 14.7 Å². The van der Waals surface area contributed by atoms with Crippen molar-refractivity contribution >= 4 is 19.9 Å². The molecule has 2 atom stereocenters. The lowest BCUT2D eigenvalue weighted by molar-refractivity contribution is -0.117. The molecule has 0 aromatic carbocycles. The zero-order valence-electron chi connectivity index (χ0n) is 15.7. The van der Waals surface area contributed by atoms with Gasteiger partial charge in [-0.3, -0.25) is 9.59 Å². The molecule has 0 saturated heterocycles. The number of carbonyl (C=O) groups excluding carboxylic acids is 2. The minimum atomic E-state index is -1.80. The van der Waals surface area contributed by atoms with E-state index in [4.69, 9.17) is 14.6 Å². The third kappa shape index (κ3) is 6.27. The summed E-state index contributed by atoms with van der Waals surface area (Å²) < 4.78 is 5.94. The van der Waals surface area contributed by atoms with Crippen molar-refractivity contribution in [3.63, 3.8) is 0 Å². The van der Waals surface area contributed by atoms with Gasteiger partial charge in [0.15, 0.2) is 19.9 Å². The third-order valence-corrected chi connectivity index (χ3v) is 9.34. The van der Waals surface area contributed by atoms with Gasteiger partial charge < -0.3 is 19.7 Å². The number of rotatable bonds is 4. The summed E-state index contributed by atoms with van der Waals surface area (Å²) in [6.07, 6.45) is 2.09. The Labute approximate surface area is 150 Å². The van der Waals surface area contributed by atoms with Gasteiger partial charge in [0.25, 0.3) is 0 Å². The van der Waals surface area contributed by atoms with Crippen molar-refractivity contribution in [1.29, 1.82) is 0 Å². The van der Waals surface area contributed by atoms with Crippen LogP contribution in [0.25, 0.3) is 0 Å². The number of Topliss-reactive ketones (excluding diaryl/α,β-unsaturated/α-hetero) is 2. The molecule has 0 heterocycles. The smallest absolute Gasteiger partial charge is 0.192 e. The molecule has 6 nitrogen and oxygen atoms in total. The van der Waals surface area contributed by atoms with Gasteiger partial charge in [0.2, 0.25) is 0 Å². The Hall–Kier alpha value is -1.12. The van der Waals surface area contributed by atoms with Crippen LogP contribution in [0.2, 0.25) is 18.1 Å². The summed E-state index contributed by atoms with van der Waals surface area (Å²) in [6.45, 7) is 10.9. The van der Waals surface area contributed by atoms with Crippen LogP contribution in [-0.4, -0.2) is 60.6 Å². The second kappa shape index (κ2) is 8.51. The molecule has 0 aromatic heterocycles. The molecule has 0 amide bonds. The van der Waals surface area contributed by atoms with Crippen LogP contribution in [0.4, 0.5) is 0 Å². The minimum absolute atomic E-state index is 0.0196. The van der Waals surface area contributed by atoms with Crippen molar-refractivity contribution < 1.29 is 29.3 Å². The molecule has 0 aliphatic heterocycles. The Kier molecular flexibility index (Phi) is 7.46. The SMILES string of the molecule is CC(C)(C)[Si](C)(C)OCC1=C[C@@H](O)CC1=O.O=C1C[C@H](O)C=C1CO. The molecule has 0 radical (unpaired) electrons. The van der Waals surface area contributed by atoms with Gasteiger partial charge >= 0.3 is 0 Å². The lowest BCUT2D eigenvalue weighted by Gasteiger charge is -2.36. The largest absolute Gasteiger partial charge is 0.412 e. The molecular weight excluding hydrogens is 340 g/mol. The standard InChI is InChI=1S/C12H22O3Si.C6H8O3/c1-12(2,3)16(4,5)15-8-9-6-10(13)7-11(9)14;7-3-4-1-5(8)2-6(4)9/h6,10,13H,7-8H2,1-5H3;1,5,7-8H,2-3H2/t10-;5-/m11/s1. The summed E-state index contributed by atoms with van der Waals surface area (Å²) in [7, 11) is -1.80. The summed E-state index contributed by atoms with van der Waals surface area (Å²) in [5.74, 6) is -0.129. The second-order valence-electron chi connectivity index (χ2n) is 7.98. The average Bonchev–Trinajstić information content (AvgIpc) is 2.97. The number of hydrogen-bond donors (Lipinski definition) is 3. The van der Waals surface area contributed by atoms with Gasteiger partial charge in [-0.25, -0.2) is 0 Å². The van der Waals surface area contributed by atoms with Crippen LogP contribution >= 0.6 is 0 Å². The maximum absolute atomic E-state index is 11.5. The van der Waals surface area contributed by atoms with Crippen LogP contribution in [0, 0.1) is 0 Å². The maximum Gasteiger partial charge on any atom is 0.192 e. The number of ketones is 2. The number of carbonyl (C=O) groups is 2. The van der Waals surface area contributed by atoms with Gasteiger partial charge in [-0.2, -0.15) is 0 Å². The highest BCUT2D eigenvalue weighted by molar-refractivity contribution is 6.74. The molecule has 0 unspecified atom stereocenters. The molecule has 2 rings (SSSR count). The molecule has 0 fully saturated rings. The number of hydrogen-bond acceptors (Lipinski definition) is 6. The van der Waals surface area contributed by atoms with E-state index in [1.165, 1.54) is 6.08 Å². The molecule has 25 heavy (non-hydrogen) atoms. The predicted molar refractivity (Wildman–Crippen MR) is 97.7 cm³/mol. The van der Waals surface area contributed by atoms with Gasteiger partial charge in [-0.05, 0) is 30.3 Å². The molecule has 0 aromatic rings. The van der Waals surface area contributed by atoms with Crippen LogP contribution in [0.15, 0.2) is 23.3 Å². The Morgan fingerprint density at radius 3 is 1.76 bits per heavy atom. The molecule has 7 heteroatoms. The van der Waals surface area contributed by atoms with Crippen LogP contribution in [-0.2, 0) is 14.0 Å². The third-order valence-electron chi connectivity index (χ3n) is 4.86. The van der Waals surface area contributed by atoms with Crippen LogP contribution in [0.5, 0.6) is 0 Å². The van der Waals surface area contributed by atoms with E-state index in [2.05, 4.69) is 33.9 Å². The lowest BCUT2D eigenvalue weighted by Crippen LogP contribution is -2.41. The summed E-state index contributed by atoms with van der Waals surface area (Å²) in [5, 5.41) is 26.7. The first-order chi connectivity index (χ1) is 11.4. The first-order valence-electron chi connectivity index (χ1n) is 8.46. The van der Waals surface area contributed by atoms with Crippen molar-refractivity contribution in [2.75, 3.05) is 13.2 Å². The molecule has 0 bridgehead atoms. The molecule has 142 valence electrons. The van der Waals surface area contributed by atoms with E-state index in [1.807, 2.05) is 0 Å². The highest BCUT2D eigenvalue weighted by atomic mass is 28.4. The predicted octanol–water partition coefficient (Wildman–Crippen LogP) is 1.51. The van der Waals surface area contributed by atoms with Crippen molar-refractivity contribution in [2.45, 2.75) is 64.0 Å². The fraction of sp³-hybridized carbons (Fsp3) is 0.667. The fourth-order valence-corrected chi connectivity index (χ4v) is 3.10. The van der Waals surface area contributed by atoms with E-state index < -0.39 is 20.5 Å². The Morgan fingerprint density at radius 1 is 1.04 bits per heavy atom. The van der Waals surface area contributed by atoms with E-state index in [-0.39, 0.29) is 36.1 Å². The van der Waals surface area contributed by atoms with E-state index in [0.29, 0.717) is 17.8 Å². The van der Waals surface area contributed by atoms with E-state index >= 15 is 0 Å². The summed E-state index contributed by atoms with van der Waals surface area (Å²) >= 11 is 0. The quantitative estimate of drug-likeness (QED) is 0.648. The van der Waals surface area contributed by atoms with Crippen molar-refractivity contribution in [2.24, 2.45) is 0 Å². The number of aliphatic hydroxyl groups is 3. The van der Waals surface area contributed by atoms with Gasteiger partial charge in [0, 0.05) is 24.0 Å². The van der Waals surface area contributed by atoms with Gasteiger partial charge in [0.1, 0.15) is 0 Å². The summed E-state index contributed by atoms with van der Waals surface area (Å²) in [5.41, 5.74) is 0.972. The lowest BCUT2D eigenvalue weighted by atomic mass is 10.2. The van der Waals surface area contributed by atoms with Gasteiger partial charge in [-0.15, -0.1) is 0 Å². The molecule has 2 aliphatic rings. The summed E-state index contributed by atoms with van der Waals surface area (Å²) in [6, 6.07) is 0.